The van der Waals surface area contributed by atoms with Gasteiger partial charge < -0.3 is 9.42 Å². The Morgan fingerprint density at radius 1 is 1.11 bits per heavy atom. The first kappa shape index (κ1) is 17.4. The lowest BCUT2D eigenvalue weighted by molar-refractivity contribution is -0.128. The van der Waals surface area contributed by atoms with Crippen molar-refractivity contribution in [3.05, 3.63) is 71.4 Å². The van der Waals surface area contributed by atoms with Crippen molar-refractivity contribution >= 4 is 5.91 Å². The Bertz CT molecular complexity index is 935. The van der Waals surface area contributed by atoms with E-state index in [9.17, 15) is 9.18 Å². The fraction of sp³-hybridized carbons (Fsp3) is 0.286. The molecule has 1 saturated heterocycles. The number of benzene rings is 2. The van der Waals surface area contributed by atoms with Gasteiger partial charge in [-0.15, -0.1) is 0 Å². The summed E-state index contributed by atoms with van der Waals surface area (Å²) in [4.78, 5) is 18.6. The van der Waals surface area contributed by atoms with Gasteiger partial charge in [-0.2, -0.15) is 4.98 Å². The molecule has 1 aliphatic heterocycles. The molecule has 4 rings (SSSR count). The van der Waals surface area contributed by atoms with Gasteiger partial charge in [0, 0.05) is 25.1 Å². The SMILES string of the molecule is CCc1ccc(-c2noc(C3CC(=O)N(Cc4ccc(F)cc4)C3)n2)cc1. The summed E-state index contributed by atoms with van der Waals surface area (Å²) in [5.41, 5.74) is 3.04. The minimum Gasteiger partial charge on any atom is -0.339 e. The van der Waals surface area contributed by atoms with Crippen LogP contribution in [0.15, 0.2) is 53.1 Å². The minimum atomic E-state index is -0.283. The van der Waals surface area contributed by atoms with Crippen LogP contribution in [0.1, 0.15) is 36.3 Å². The lowest BCUT2D eigenvalue weighted by atomic mass is 10.1. The highest BCUT2D eigenvalue weighted by Crippen LogP contribution is 2.29. The molecule has 27 heavy (non-hydrogen) atoms. The van der Waals surface area contributed by atoms with E-state index in [4.69, 9.17) is 4.52 Å². The number of carbonyl (C=O) groups is 1. The normalized spacial score (nSPS) is 16.9. The Morgan fingerprint density at radius 2 is 1.81 bits per heavy atom. The molecular formula is C21H20FN3O2. The molecule has 5 nitrogen and oxygen atoms in total. The van der Waals surface area contributed by atoms with Crippen molar-refractivity contribution in [2.75, 3.05) is 6.54 Å². The average Bonchev–Trinajstić information content (AvgIpc) is 3.31. The van der Waals surface area contributed by atoms with Gasteiger partial charge in [0.25, 0.3) is 0 Å². The van der Waals surface area contributed by atoms with Crippen LogP contribution >= 0.6 is 0 Å². The van der Waals surface area contributed by atoms with Crippen LogP contribution in [0.4, 0.5) is 4.39 Å². The lowest BCUT2D eigenvalue weighted by Gasteiger charge is -2.15. The largest absolute Gasteiger partial charge is 0.339 e. The topological polar surface area (TPSA) is 59.2 Å². The number of hydrogen-bond acceptors (Lipinski definition) is 4. The number of rotatable bonds is 5. The predicted molar refractivity (Wildman–Crippen MR) is 98.3 cm³/mol. The van der Waals surface area contributed by atoms with Crippen LogP contribution in [0, 0.1) is 5.82 Å². The first-order valence-corrected chi connectivity index (χ1v) is 9.07. The van der Waals surface area contributed by atoms with Crippen LogP contribution in [0.3, 0.4) is 0 Å². The van der Waals surface area contributed by atoms with E-state index in [1.807, 2.05) is 12.1 Å². The van der Waals surface area contributed by atoms with Crippen molar-refractivity contribution in [3.8, 4) is 11.4 Å². The maximum Gasteiger partial charge on any atom is 0.232 e. The summed E-state index contributed by atoms with van der Waals surface area (Å²) in [6.45, 7) is 3.08. The predicted octanol–water partition coefficient (Wildman–Crippen LogP) is 3.95. The molecule has 1 atom stereocenters. The third-order valence-corrected chi connectivity index (χ3v) is 4.91. The Balaban J connectivity index is 1.45. The Hall–Kier alpha value is -3.02. The lowest BCUT2D eigenvalue weighted by Crippen LogP contribution is -2.24. The summed E-state index contributed by atoms with van der Waals surface area (Å²) in [5, 5.41) is 4.07. The molecule has 0 aliphatic carbocycles. The molecule has 2 aromatic carbocycles. The van der Waals surface area contributed by atoms with Crippen LogP contribution in [0.5, 0.6) is 0 Å². The van der Waals surface area contributed by atoms with Crippen LogP contribution in [-0.2, 0) is 17.8 Å². The fourth-order valence-electron chi connectivity index (χ4n) is 3.31. The van der Waals surface area contributed by atoms with E-state index in [0.29, 0.717) is 31.2 Å². The molecule has 0 saturated carbocycles. The van der Waals surface area contributed by atoms with Gasteiger partial charge in [-0.25, -0.2) is 4.39 Å². The van der Waals surface area contributed by atoms with Crippen LogP contribution in [0.2, 0.25) is 0 Å². The molecule has 1 fully saturated rings. The number of likely N-dealkylation sites (tertiary alicyclic amines) is 1. The number of halogens is 1. The molecule has 3 aromatic rings. The van der Waals surface area contributed by atoms with Gasteiger partial charge in [-0.05, 0) is 29.7 Å². The number of nitrogens with zero attached hydrogens (tertiary/aromatic N) is 3. The van der Waals surface area contributed by atoms with Gasteiger partial charge in [0.05, 0.1) is 5.92 Å². The van der Waals surface area contributed by atoms with Crippen molar-refractivity contribution in [3.63, 3.8) is 0 Å². The van der Waals surface area contributed by atoms with Crippen molar-refractivity contribution in [1.29, 1.82) is 0 Å². The molecular weight excluding hydrogens is 345 g/mol. The highest BCUT2D eigenvalue weighted by Gasteiger charge is 2.34. The van der Waals surface area contributed by atoms with E-state index >= 15 is 0 Å². The second-order valence-electron chi connectivity index (χ2n) is 6.81. The number of carbonyl (C=O) groups excluding carboxylic acids is 1. The number of amides is 1. The maximum absolute atomic E-state index is 13.0. The van der Waals surface area contributed by atoms with Crippen LogP contribution < -0.4 is 0 Å². The van der Waals surface area contributed by atoms with Gasteiger partial charge >= 0.3 is 0 Å². The van der Waals surface area contributed by atoms with Crippen molar-refractivity contribution < 1.29 is 13.7 Å². The average molecular weight is 365 g/mol. The highest BCUT2D eigenvalue weighted by atomic mass is 19.1. The third kappa shape index (κ3) is 3.74. The molecule has 0 radical (unpaired) electrons. The Kier molecular flexibility index (Phi) is 4.71. The van der Waals surface area contributed by atoms with Gasteiger partial charge in [0.15, 0.2) is 0 Å². The second-order valence-corrected chi connectivity index (χ2v) is 6.81. The number of aromatic nitrogens is 2. The Morgan fingerprint density at radius 3 is 2.52 bits per heavy atom. The quantitative estimate of drug-likeness (QED) is 0.687. The van der Waals surface area contributed by atoms with Crippen molar-refractivity contribution in [2.45, 2.75) is 32.2 Å². The number of hydrogen-bond donors (Lipinski definition) is 0. The maximum atomic E-state index is 13.0. The van der Waals surface area contributed by atoms with E-state index in [2.05, 4.69) is 29.2 Å². The molecule has 0 N–H and O–H groups in total. The third-order valence-electron chi connectivity index (χ3n) is 4.91. The summed E-state index contributed by atoms with van der Waals surface area (Å²) >= 11 is 0. The summed E-state index contributed by atoms with van der Waals surface area (Å²) in [5.74, 6) is 0.664. The smallest absolute Gasteiger partial charge is 0.232 e. The molecule has 1 unspecified atom stereocenters. The summed E-state index contributed by atoms with van der Waals surface area (Å²) in [6.07, 6.45) is 1.32. The monoisotopic (exact) mass is 365 g/mol. The molecule has 138 valence electrons. The zero-order chi connectivity index (χ0) is 18.8. The van der Waals surface area contributed by atoms with E-state index in [1.165, 1.54) is 17.7 Å². The standard InChI is InChI=1S/C21H20FN3O2/c1-2-14-3-7-16(8-4-14)20-23-21(27-24-20)17-11-19(26)25(13-17)12-15-5-9-18(22)10-6-15/h3-10,17H,2,11-13H2,1H3. The van der Waals surface area contributed by atoms with Gasteiger partial charge in [-0.1, -0.05) is 48.5 Å². The zero-order valence-electron chi connectivity index (χ0n) is 15.1. The first-order valence-electron chi connectivity index (χ1n) is 9.07. The summed E-state index contributed by atoms with van der Waals surface area (Å²) in [6, 6.07) is 14.3. The highest BCUT2D eigenvalue weighted by molar-refractivity contribution is 5.79. The summed E-state index contributed by atoms with van der Waals surface area (Å²) < 4.78 is 18.5. The molecule has 0 spiro atoms. The zero-order valence-corrected chi connectivity index (χ0v) is 15.1. The van der Waals surface area contributed by atoms with Gasteiger partial charge in [-0.3, -0.25) is 4.79 Å². The van der Waals surface area contributed by atoms with Crippen molar-refractivity contribution in [1.82, 2.24) is 15.0 Å². The molecule has 1 amide bonds. The van der Waals surface area contributed by atoms with Gasteiger partial charge in [0.1, 0.15) is 5.82 Å². The van der Waals surface area contributed by atoms with E-state index < -0.39 is 0 Å². The number of aryl methyl sites for hydroxylation is 1. The van der Waals surface area contributed by atoms with Gasteiger partial charge in [0.2, 0.25) is 17.6 Å². The molecule has 6 heteroatoms. The second kappa shape index (κ2) is 7.31. The van der Waals surface area contributed by atoms with Crippen molar-refractivity contribution in [2.24, 2.45) is 0 Å². The first-order chi connectivity index (χ1) is 13.1. The molecule has 0 bridgehead atoms. The van der Waals surface area contributed by atoms with Crippen LogP contribution in [-0.4, -0.2) is 27.5 Å². The van der Waals surface area contributed by atoms with E-state index in [0.717, 1.165) is 17.5 Å². The van der Waals surface area contributed by atoms with E-state index in [-0.39, 0.29) is 17.6 Å². The minimum absolute atomic E-state index is 0.0383. The molecule has 2 heterocycles. The molecule has 1 aliphatic rings. The fourth-order valence-corrected chi connectivity index (χ4v) is 3.31. The summed E-state index contributed by atoms with van der Waals surface area (Å²) in [7, 11) is 0. The van der Waals surface area contributed by atoms with E-state index in [1.54, 1.807) is 17.0 Å². The van der Waals surface area contributed by atoms with Crippen LogP contribution in [0.25, 0.3) is 11.4 Å². The Labute approximate surface area is 156 Å². The molecule has 1 aromatic heterocycles.